The molecular weight excluding hydrogens is 194 g/mol. The topological polar surface area (TPSA) is 15.8 Å². The number of aryl methyl sites for hydroxylation is 2. The highest BCUT2D eigenvalue weighted by atomic mass is 14.7. The van der Waals surface area contributed by atoms with E-state index in [1.54, 1.807) is 5.56 Å². The maximum absolute atomic E-state index is 3.63. The first-order chi connectivity index (χ1) is 7.79. The van der Waals surface area contributed by atoms with E-state index in [1.165, 1.54) is 47.8 Å². The van der Waals surface area contributed by atoms with Crippen molar-refractivity contribution in [2.45, 2.75) is 39.5 Å². The second kappa shape index (κ2) is 3.65. The van der Waals surface area contributed by atoms with Crippen molar-refractivity contribution in [1.82, 2.24) is 4.98 Å². The minimum Gasteiger partial charge on any atom is -0.358 e. The van der Waals surface area contributed by atoms with E-state index in [0.29, 0.717) is 0 Å². The van der Waals surface area contributed by atoms with Gasteiger partial charge in [-0.3, -0.25) is 0 Å². The van der Waals surface area contributed by atoms with Crippen molar-refractivity contribution in [3.8, 4) is 0 Å². The summed E-state index contributed by atoms with van der Waals surface area (Å²) in [6.45, 7) is 4.51. The molecule has 0 saturated carbocycles. The largest absolute Gasteiger partial charge is 0.358 e. The molecule has 1 aromatic heterocycles. The van der Waals surface area contributed by atoms with Gasteiger partial charge in [0.05, 0.1) is 0 Å². The molecule has 84 valence electrons. The third-order valence-corrected chi connectivity index (χ3v) is 4.11. The Hall–Kier alpha value is -1.24. The van der Waals surface area contributed by atoms with Crippen LogP contribution in [0, 0.1) is 12.8 Å². The van der Waals surface area contributed by atoms with Gasteiger partial charge in [0.25, 0.3) is 0 Å². The molecule has 16 heavy (non-hydrogen) atoms. The minimum absolute atomic E-state index is 0.895. The highest BCUT2D eigenvalue weighted by molar-refractivity contribution is 5.87. The summed E-state index contributed by atoms with van der Waals surface area (Å²) in [7, 11) is 0. The first-order valence-corrected chi connectivity index (χ1v) is 6.38. The third kappa shape index (κ3) is 1.38. The Kier molecular flexibility index (Phi) is 2.27. The SMILES string of the molecule is CCC1CCc2[nH]c3c(C)cccc3c2C1. The molecule has 0 radical (unpaired) electrons. The Morgan fingerprint density at radius 1 is 1.38 bits per heavy atom. The summed E-state index contributed by atoms with van der Waals surface area (Å²) in [5, 5.41) is 1.47. The van der Waals surface area contributed by atoms with Crippen LogP contribution < -0.4 is 0 Å². The van der Waals surface area contributed by atoms with Gasteiger partial charge in [0.1, 0.15) is 0 Å². The van der Waals surface area contributed by atoms with Crippen LogP contribution in [-0.4, -0.2) is 4.98 Å². The van der Waals surface area contributed by atoms with Gasteiger partial charge in [-0.15, -0.1) is 0 Å². The molecular formula is C15H19N. The van der Waals surface area contributed by atoms with Crippen molar-refractivity contribution in [2.75, 3.05) is 0 Å². The monoisotopic (exact) mass is 213 g/mol. The standard InChI is InChI=1S/C15H19N/c1-3-11-7-8-14-13(9-11)12-6-4-5-10(2)15(12)16-14/h4-6,11,16H,3,7-9H2,1-2H3. The van der Waals surface area contributed by atoms with Crippen molar-refractivity contribution < 1.29 is 0 Å². The molecule has 0 bridgehead atoms. The molecule has 0 spiro atoms. The van der Waals surface area contributed by atoms with Gasteiger partial charge in [-0.05, 0) is 43.2 Å². The van der Waals surface area contributed by atoms with E-state index in [4.69, 9.17) is 0 Å². The summed E-state index contributed by atoms with van der Waals surface area (Å²) in [6.07, 6.45) is 5.19. The lowest BCUT2D eigenvalue weighted by Crippen LogP contribution is -2.12. The molecule has 1 N–H and O–H groups in total. The van der Waals surface area contributed by atoms with Gasteiger partial charge in [-0.25, -0.2) is 0 Å². The number of para-hydroxylation sites is 1. The molecule has 0 saturated heterocycles. The van der Waals surface area contributed by atoms with E-state index in [2.05, 4.69) is 37.0 Å². The van der Waals surface area contributed by atoms with Gasteiger partial charge in [-0.2, -0.15) is 0 Å². The molecule has 1 heterocycles. The molecule has 2 aromatic rings. The van der Waals surface area contributed by atoms with Crippen LogP contribution in [0.25, 0.3) is 10.9 Å². The fourth-order valence-electron chi connectivity index (χ4n) is 3.01. The zero-order valence-electron chi connectivity index (χ0n) is 10.1. The fraction of sp³-hybridized carbons (Fsp3) is 0.467. The van der Waals surface area contributed by atoms with Crippen LogP contribution >= 0.6 is 0 Å². The number of hydrogen-bond donors (Lipinski definition) is 1. The number of aromatic amines is 1. The van der Waals surface area contributed by atoms with Crippen LogP contribution in [-0.2, 0) is 12.8 Å². The minimum atomic E-state index is 0.895. The third-order valence-electron chi connectivity index (χ3n) is 4.11. The lowest BCUT2D eigenvalue weighted by atomic mass is 9.85. The molecule has 1 nitrogen and oxygen atoms in total. The van der Waals surface area contributed by atoms with Crippen LogP contribution in [0.2, 0.25) is 0 Å². The Labute approximate surface area is 96.9 Å². The number of hydrogen-bond acceptors (Lipinski definition) is 0. The smallest absolute Gasteiger partial charge is 0.0488 e. The average Bonchev–Trinajstić information content (AvgIpc) is 2.68. The highest BCUT2D eigenvalue weighted by Gasteiger charge is 2.21. The molecule has 1 aromatic carbocycles. The maximum atomic E-state index is 3.63. The van der Waals surface area contributed by atoms with E-state index < -0.39 is 0 Å². The quantitative estimate of drug-likeness (QED) is 0.737. The first kappa shape index (κ1) is 9.95. The Balaban J connectivity index is 2.18. The van der Waals surface area contributed by atoms with Crippen molar-refractivity contribution in [3.05, 3.63) is 35.0 Å². The molecule has 0 aliphatic heterocycles. The number of H-pyrrole nitrogens is 1. The van der Waals surface area contributed by atoms with Crippen LogP contribution in [0.3, 0.4) is 0 Å². The van der Waals surface area contributed by atoms with Gasteiger partial charge in [0, 0.05) is 16.6 Å². The molecule has 1 atom stereocenters. The number of fused-ring (bicyclic) bond motifs is 3. The number of rotatable bonds is 1. The van der Waals surface area contributed by atoms with Crippen molar-refractivity contribution in [3.63, 3.8) is 0 Å². The van der Waals surface area contributed by atoms with Crippen molar-refractivity contribution in [1.29, 1.82) is 0 Å². The summed E-state index contributed by atoms with van der Waals surface area (Å²) < 4.78 is 0. The molecule has 1 heteroatoms. The maximum Gasteiger partial charge on any atom is 0.0488 e. The molecule has 1 unspecified atom stereocenters. The van der Waals surface area contributed by atoms with Gasteiger partial charge in [0.15, 0.2) is 0 Å². The van der Waals surface area contributed by atoms with Gasteiger partial charge >= 0.3 is 0 Å². The normalized spacial score (nSPS) is 20.0. The molecule has 0 fully saturated rings. The van der Waals surface area contributed by atoms with E-state index in [-0.39, 0.29) is 0 Å². The predicted molar refractivity (Wildman–Crippen MR) is 68.8 cm³/mol. The lowest BCUT2D eigenvalue weighted by molar-refractivity contribution is 0.444. The lowest BCUT2D eigenvalue weighted by Gasteiger charge is -2.20. The Bertz CT molecular complexity index is 521. The van der Waals surface area contributed by atoms with E-state index in [1.807, 2.05) is 0 Å². The van der Waals surface area contributed by atoms with Crippen LogP contribution in [0.4, 0.5) is 0 Å². The molecule has 3 rings (SSSR count). The van der Waals surface area contributed by atoms with Gasteiger partial charge in [-0.1, -0.05) is 31.5 Å². The summed E-state index contributed by atoms with van der Waals surface area (Å²) in [4.78, 5) is 3.63. The van der Waals surface area contributed by atoms with E-state index in [0.717, 1.165) is 5.92 Å². The zero-order chi connectivity index (χ0) is 11.1. The van der Waals surface area contributed by atoms with Crippen molar-refractivity contribution >= 4 is 10.9 Å². The van der Waals surface area contributed by atoms with E-state index in [9.17, 15) is 0 Å². The van der Waals surface area contributed by atoms with Crippen LogP contribution in [0.1, 0.15) is 36.6 Å². The Morgan fingerprint density at radius 2 is 2.25 bits per heavy atom. The summed E-state index contributed by atoms with van der Waals surface area (Å²) >= 11 is 0. The van der Waals surface area contributed by atoms with Crippen molar-refractivity contribution in [2.24, 2.45) is 5.92 Å². The average molecular weight is 213 g/mol. The second-order valence-electron chi connectivity index (χ2n) is 5.10. The Morgan fingerprint density at radius 3 is 3.06 bits per heavy atom. The zero-order valence-corrected chi connectivity index (χ0v) is 10.1. The predicted octanol–water partition coefficient (Wildman–Crippen LogP) is 3.99. The molecule has 1 aliphatic rings. The van der Waals surface area contributed by atoms with Crippen LogP contribution in [0.5, 0.6) is 0 Å². The fourth-order valence-corrected chi connectivity index (χ4v) is 3.01. The number of benzene rings is 1. The first-order valence-electron chi connectivity index (χ1n) is 6.38. The van der Waals surface area contributed by atoms with Gasteiger partial charge < -0.3 is 4.98 Å². The van der Waals surface area contributed by atoms with Gasteiger partial charge in [0.2, 0.25) is 0 Å². The highest BCUT2D eigenvalue weighted by Crippen LogP contribution is 2.33. The number of nitrogens with one attached hydrogen (secondary N) is 1. The van der Waals surface area contributed by atoms with E-state index >= 15 is 0 Å². The molecule has 0 amide bonds. The summed E-state index contributed by atoms with van der Waals surface area (Å²) in [6, 6.07) is 6.65. The van der Waals surface area contributed by atoms with Crippen LogP contribution in [0.15, 0.2) is 18.2 Å². The second-order valence-corrected chi connectivity index (χ2v) is 5.10. The number of aromatic nitrogens is 1. The summed E-state index contributed by atoms with van der Waals surface area (Å²) in [5.41, 5.74) is 5.83. The molecule has 1 aliphatic carbocycles. The summed E-state index contributed by atoms with van der Waals surface area (Å²) in [5.74, 6) is 0.895.